The van der Waals surface area contributed by atoms with E-state index in [0.29, 0.717) is 12.8 Å². The van der Waals surface area contributed by atoms with E-state index in [4.69, 9.17) is 9.47 Å². The van der Waals surface area contributed by atoms with Crippen LogP contribution >= 0.6 is 0 Å². The first kappa shape index (κ1) is 17.4. The molecule has 22 heavy (non-hydrogen) atoms. The molecule has 124 valence electrons. The van der Waals surface area contributed by atoms with Crippen LogP contribution in [0.5, 0.6) is 0 Å². The first-order valence-electron chi connectivity index (χ1n) is 7.35. The SMILES string of the molecule is CCC1(CC)OC(NS(=O)(=O)OC)C(c2ccccc2C)O1. The fourth-order valence-corrected chi connectivity index (χ4v) is 3.16. The second-order valence-electron chi connectivity index (χ2n) is 5.29. The highest BCUT2D eigenvalue weighted by Gasteiger charge is 2.47. The van der Waals surface area contributed by atoms with E-state index in [9.17, 15) is 8.42 Å². The molecule has 0 radical (unpaired) electrons. The molecule has 0 bridgehead atoms. The fourth-order valence-electron chi connectivity index (χ4n) is 2.61. The molecule has 1 heterocycles. The third kappa shape index (κ3) is 3.49. The van der Waals surface area contributed by atoms with Gasteiger partial charge < -0.3 is 9.47 Å². The van der Waals surface area contributed by atoms with Crippen molar-refractivity contribution in [3.63, 3.8) is 0 Å². The van der Waals surface area contributed by atoms with Crippen molar-refractivity contribution < 1.29 is 22.1 Å². The Bertz CT molecular complexity index is 612. The number of ether oxygens (including phenoxy) is 2. The minimum Gasteiger partial charge on any atom is -0.338 e. The molecule has 1 aliphatic heterocycles. The van der Waals surface area contributed by atoms with Crippen LogP contribution in [-0.4, -0.2) is 27.5 Å². The maximum absolute atomic E-state index is 11.7. The zero-order valence-electron chi connectivity index (χ0n) is 13.3. The highest BCUT2D eigenvalue weighted by Crippen LogP contribution is 2.42. The Balaban J connectivity index is 2.37. The van der Waals surface area contributed by atoms with Gasteiger partial charge in [-0.3, -0.25) is 4.18 Å². The van der Waals surface area contributed by atoms with Gasteiger partial charge in [0.15, 0.2) is 12.0 Å². The summed E-state index contributed by atoms with van der Waals surface area (Å²) in [6.07, 6.45) is -0.106. The van der Waals surface area contributed by atoms with Gasteiger partial charge in [0, 0.05) is 0 Å². The van der Waals surface area contributed by atoms with Crippen molar-refractivity contribution in [1.82, 2.24) is 4.72 Å². The van der Waals surface area contributed by atoms with Crippen LogP contribution in [0, 0.1) is 6.92 Å². The third-order valence-corrected chi connectivity index (χ3v) is 4.97. The van der Waals surface area contributed by atoms with Crippen molar-refractivity contribution in [2.45, 2.75) is 51.7 Å². The van der Waals surface area contributed by atoms with Crippen LogP contribution in [0.1, 0.15) is 43.9 Å². The van der Waals surface area contributed by atoms with Crippen molar-refractivity contribution in [3.05, 3.63) is 35.4 Å². The Morgan fingerprint density at radius 3 is 2.41 bits per heavy atom. The second-order valence-corrected chi connectivity index (χ2v) is 6.77. The summed E-state index contributed by atoms with van der Waals surface area (Å²) in [7, 11) is -2.77. The summed E-state index contributed by atoms with van der Waals surface area (Å²) >= 11 is 0. The van der Waals surface area contributed by atoms with Gasteiger partial charge in [-0.15, -0.1) is 0 Å². The Labute approximate surface area is 132 Å². The monoisotopic (exact) mass is 329 g/mol. The number of rotatable bonds is 6. The lowest BCUT2D eigenvalue weighted by Crippen LogP contribution is -2.40. The molecule has 0 aromatic heterocycles. The largest absolute Gasteiger partial charge is 0.338 e. The number of aryl methyl sites for hydroxylation is 1. The number of hydrogen-bond donors (Lipinski definition) is 1. The van der Waals surface area contributed by atoms with E-state index >= 15 is 0 Å². The van der Waals surface area contributed by atoms with E-state index in [0.717, 1.165) is 18.2 Å². The van der Waals surface area contributed by atoms with Crippen LogP contribution in [0.3, 0.4) is 0 Å². The lowest BCUT2D eigenvalue weighted by atomic mass is 10.0. The first-order chi connectivity index (χ1) is 10.4. The van der Waals surface area contributed by atoms with Gasteiger partial charge in [0.25, 0.3) is 0 Å². The van der Waals surface area contributed by atoms with Gasteiger partial charge in [-0.2, -0.15) is 13.1 Å². The molecule has 7 heteroatoms. The summed E-state index contributed by atoms with van der Waals surface area (Å²) in [5, 5.41) is 0. The van der Waals surface area contributed by atoms with Gasteiger partial charge in [0.05, 0.1) is 7.11 Å². The number of nitrogens with one attached hydrogen (secondary N) is 1. The van der Waals surface area contributed by atoms with Crippen LogP contribution in [-0.2, 0) is 24.0 Å². The lowest BCUT2D eigenvalue weighted by molar-refractivity contribution is -0.180. The Kier molecular flexibility index (Phi) is 5.24. The second kappa shape index (κ2) is 6.64. The Morgan fingerprint density at radius 2 is 1.86 bits per heavy atom. The van der Waals surface area contributed by atoms with E-state index in [-0.39, 0.29) is 0 Å². The van der Waals surface area contributed by atoms with E-state index in [1.54, 1.807) is 0 Å². The van der Waals surface area contributed by atoms with Gasteiger partial charge in [-0.1, -0.05) is 38.1 Å². The summed E-state index contributed by atoms with van der Waals surface area (Å²) in [5.41, 5.74) is 1.91. The van der Waals surface area contributed by atoms with Crippen molar-refractivity contribution >= 4 is 10.3 Å². The Hall–Kier alpha value is -0.990. The van der Waals surface area contributed by atoms with Crippen LogP contribution < -0.4 is 4.72 Å². The normalized spacial score (nSPS) is 24.5. The average molecular weight is 329 g/mol. The molecule has 2 rings (SSSR count). The predicted octanol–water partition coefficient (Wildman–Crippen LogP) is 2.41. The fraction of sp³-hybridized carbons (Fsp3) is 0.600. The van der Waals surface area contributed by atoms with E-state index in [1.807, 2.05) is 45.0 Å². The average Bonchev–Trinajstić information content (AvgIpc) is 2.86. The highest BCUT2D eigenvalue weighted by atomic mass is 32.2. The molecular formula is C15H23NO5S. The van der Waals surface area contributed by atoms with Crippen LogP contribution in [0.25, 0.3) is 0 Å². The van der Waals surface area contributed by atoms with Crippen molar-refractivity contribution in [2.75, 3.05) is 7.11 Å². The summed E-state index contributed by atoms with van der Waals surface area (Å²) in [4.78, 5) is 0. The van der Waals surface area contributed by atoms with Gasteiger partial charge in [-0.25, -0.2) is 0 Å². The molecule has 1 aromatic rings. The molecule has 2 unspecified atom stereocenters. The summed E-state index contributed by atoms with van der Waals surface area (Å²) in [5.74, 6) is -0.798. The van der Waals surface area contributed by atoms with E-state index in [1.165, 1.54) is 0 Å². The molecular weight excluding hydrogens is 306 g/mol. The molecule has 1 fully saturated rings. The maximum atomic E-state index is 11.7. The molecule has 2 atom stereocenters. The molecule has 0 aliphatic carbocycles. The Morgan fingerprint density at radius 1 is 1.23 bits per heavy atom. The lowest BCUT2D eigenvalue weighted by Gasteiger charge is -2.25. The van der Waals surface area contributed by atoms with Gasteiger partial charge >= 0.3 is 10.3 Å². The molecule has 6 nitrogen and oxygen atoms in total. The first-order valence-corrected chi connectivity index (χ1v) is 8.76. The minimum absolute atomic E-state index is 0.522. The van der Waals surface area contributed by atoms with Crippen LogP contribution in [0.2, 0.25) is 0 Å². The molecule has 0 amide bonds. The summed E-state index contributed by atoms with van der Waals surface area (Å²) < 4.78 is 42.4. The minimum atomic E-state index is -3.88. The highest BCUT2D eigenvalue weighted by molar-refractivity contribution is 7.84. The summed E-state index contributed by atoms with van der Waals surface area (Å²) in [6, 6.07) is 7.69. The molecule has 1 aliphatic rings. The smallest absolute Gasteiger partial charge is 0.337 e. The van der Waals surface area contributed by atoms with Gasteiger partial charge in [0.2, 0.25) is 0 Å². The maximum Gasteiger partial charge on any atom is 0.337 e. The summed E-state index contributed by atoms with van der Waals surface area (Å²) in [6.45, 7) is 5.86. The number of hydrogen-bond acceptors (Lipinski definition) is 5. The molecule has 1 N–H and O–H groups in total. The van der Waals surface area contributed by atoms with Crippen LogP contribution in [0.15, 0.2) is 24.3 Å². The molecule has 0 saturated carbocycles. The number of benzene rings is 1. The zero-order valence-corrected chi connectivity index (χ0v) is 14.1. The standard InChI is InChI=1S/C15H23NO5S/c1-5-15(6-2)20-13(12-10-8-7-9-11(12)3)14(21-15)16-22(17,18)19-4/h7-10,13-14,16H,5-6H2,1-4H3. The third-order valence-electron chi connectivity index (χ3n) is 4.01. The van der Waals surface area contributed by atoms with Crippen molar-refractivity contribution in [3.8, 4) is 0 Å². The van der Waals surface area contributed by atoms with Crippen molar-refractivity contribution in [2.24, 2.45) is 0 Å². The van der Waals surface area contributed by atoms with Crippen molar-refractivity contribution in [1.29, 1.82) is 0 Å². The molecule has 0 spiro atoms. The van der Waals surface area contributed by atoms with Gasteiger partial charge in [0.1, 0.15) is 6.10 Å². The van der Waals surface area contributed by atoms with Gasteiger partial charge in [-0.05, 0) is 30.9 Å². The van der Waals surface area contributed by atoms with Crippen LogP contribution in [0.4, 0.5) is 0 Å². The topological polar surface area (TPSA) is 73.9 Å². The quantitative estimate of drug-likeness (QED) is 0.867. The predicted molar refractivity (Wildman–Crippen MR) is 82.3 cm³/mol. The van der Waals surface area contributed by atoms with E-state index in [2.05, 4.69) is 8.91 Å². The molecule has 1 aromatic carbocycles. The molecule has 1 saturated heterocycles. The zero-order chi connectivity index (χ0) is 16.4. The van der Waals surface area contributed by atoms with E-state index < -0.39 is 28.4 Å².